The van der Waals surface area contributed by atoms with Crippen molar-refractivity contribution < 1.29 is 66.7 Å². The van der Waals surface area contributed by atoms with Crippen LogP contribution in [0.5, 0.6) is 11.5 Å². The number of anilines is 1. The molecule has 5 saturated heterocycles. The molecule has 36 nitrogen and oxygen atoms in total. The molecule has 2 aromatic carbocycles. The van der Waals surface area contributed by atoms with Crippen LogP contribution in [0.15, 0.2) is 122 Å². The van der Waals surface area contributed by atoms with E-state index in [0.717, 1.165) is 148 Å². The van der Waals surface area contributed by atoms with Crippen molar-refractivity contribution in [2.75, 3.05) is 176 Å². The molecule has 0 aliphatic carbocycles. The molecule has 0 radical (unpaired) electrons. The maximum Gasteiger partial charge on any atom is 0.354 e. The summed E-state index contributed by atoms with van der Waals surface area (Å²) < 4.78 is 56.7. The van der Waals surface area contributed by atoms with Gasteiger partial charge in [0, 0.05) is 200 Å². The van der Waals surface area contributed by atoms with E-state index in [9.17, 15) is 28.8 Å². The number of nitrogens with one attached hydrogen (secondary N) is 5. The van der Waals surface area contributed by atoms with E-state index in [1.54, 1.807) is 101 Å². The van der Waals surface area contributed by atoms with E-state index < -0.39 is 17.0 Å². The molecule has 14 rings (SSSR count). The number of aromatic carboxylic acids is 1. The minimum atomic E-state index is -0.949. The lowest BCUT2D eigenvalue weighted by atomic mass is 10.1. The molecule has 0 saturated carbocycles. The van der Waals surface area contributed by atoms with Crippen molar-refractivity contribution in [1.82, 2.24) is 93.6 Å². The van der Waals surface area contributed by atoms with E-state index in [1.165, 1.54) is 72.9 Å². The number of aryl methyl sites for hydroxylation is 3. The highest BCUT2D eigenvalue weighted by Crippen LogP contribution is 2.39. The summed E-state index contributed by atoms with van der Waals surface area (Å²) in [6.07, 6.45) is 16.3. The quantitative estimate of drug-likeness (QED) is 0.0269. The number of nitrogens with zero attached hydrogens (tertiary/aromatic N) is 17. The maximum atomic E-state index is 15.2. The number of imidazole rings is 5. The van der Waals surface area contributed by atoms with Gasteiger partial charge in [-0.15, -0.1) is 11.3 Å². The fraction of sp³-hybridized carbons (Fsp3) is 0.449. The second-order valence-electron chi connectivity index (χ2n) is 26.3. The first-order valence-electron chi connectivity index (χ1n) is 38.1. The Labute approximate surface area is 727 Å². The van der Waals surface area contributed by atoms with Gasteiger partial charge in [-0.2, -0.15) is 10.5 Å². The van der Waals surface area contributed by atoms with Crippen LogP contribution in [0.2, 0.25) is 0 Å². The number of nitriles is 2. The molecular formula is C78H103Br2ClFN23O13S2. The second kappa shape index (κ2) is 55.8. The van der Waals surface area contributed by atoms with Gasteiger partial charge < -0.3 is 88.7 Å². The summed E-state index contributed by atoms with van der Waals surface area (Å²) in [6, 6.07) is 18.9. The highest BCUT2D eigenvalue weighted by atomic mass is 79.9. The van der Waals surface area contributed by atoms with Gasteiger partial charge in [-0.3, -0.25) is 48.6 Å². The number of thiophene rings is 1. The summed E-state index contributed by atoms with van der Waals surface area (Å²) in [6.45, 7) is 23.4. The summed E-state index contributed by atoms with van der Waals surface area (Å²) in [7, 11) is 8.75. The normalized spacial score (nSPS) is 14.4. The molecule has 648 valence electrons. The lowest BCUT2D eigenvalue weighted by Crippen LogP contribution is -2.41. The number of ether oxygens (including phenoxy) is 6. The Kier molecular flexibility index (Phi) is 46.0. The maximum absolute atomic E-state index is 15.2. The molecule has 7 aromatic heterocycles. The third-order valence-corrected chi connectivity index (χ3v) is 20.1. The van der Waals surface area contributed by atoms with Crippen LogP contribution in [0.4, 0.5) is 10.1 Å². The minimum absolute atomic E-state index is 0.00468. The molecule has 5 aliphatic rings. The van der Waals surface area contributed by atoms with Gasteiger partial charge in [0.25, 0.3) is 23.0 Å². The molecule has 42 heteroatoms. The van der Waals surface area contributed by atoms with Crippen LogP contribution in [0.1, 0.15) is 77.8 Å². The van der Waals surface area contributed by atoms with Gasteiger partial charge >= 0.3 is 5.97 Å². The Morgan fingerprint density at radius 2 is 1.06 bits per heavy atom. The Balaban J connectivity index is 0.000000249. The number of rotatable bonds is 22. The molecule has 12 heterocycles. The summed E-state index contributed by atoms with van der Waals surface area (Å²) in [5.74, 6) is -1.19. The molecule has 5 aliphatic heterocycles. The smallest absolute Gasteiger partial charge is 0.354 e. The number of carboxylic acid groups (broad SMARTS) is 1. The molecule has 0 atom stereocenters. The summed E-state index contributed by atoms with van der Waals surface area (Å²) >= 11 is 17.5. The number of benzene rings is 2. The molecule has 0 spiro atoms. The molecule has 0 unspecified atom stereocenters. The first kappa shape index (κ1) is 98.9. The van der Waals surface area contributed by atoms with Gasteiger partial charge in [-0.1, -0.05) is 30.3 Å². The summed E-state index contributed by atoms with van der Waals surface area (Å²) in [5, 5.41) is 36.7. The standard InChI is InChI=1S/C33H32FN7O4S2.C11H17BrN4O2.C11H18N4O2.C6H14N2O.C5H5ClN2O.C5H6N2O2.C4H8O.C2H3N.CBrN/c1-40-25(32(43)36-11-12-41-13-15-44-16-14-41)20-37-31(40)28-19-24-30(47-28)27(9-10-35-24)45-26-8-7-22(18-23(26)34)38-33(46)39-29(42)17-21-5-3-2-4-6-21;1-15-9(8-14-11(15)12)10(17)13-2-3-16-4-6-18-7-5-16;1-14-9-12-8-10(14)11(16)13-2-3-15-4-6-17-7-5-15;7-1-2-8-3-5-9-6-4-8;1-8-3-7-2-4(8)5(6)9;1-7-3-6-2-4(7)5(8)9;1-2-4-5-3-1;1-2-3;2-1-3/h2-10,18-20H,11-17H2,1H3,(H,36,43)(H2,38,39,42,46);8H,2-7H2,1H3,(H,13,17);8-9H,2-7H2,1H3,(H,13,16);1-7H2;2-3H,1H3;2-3H,1H3,(H,8,9);1-4H2;1H3;. The molecule has 4 amide bonds. The largest absolute Gasteiger partial charge is 0.477 e. The lowest BCUT2D eigenvalue weighted by molar-refractivity contribution is -0.119. The van der Waals surface area contributed by atoms with Crippen molar-refractivity contribution in [2.24, 2.45) is 41.0 Å². The fourth-order valence-electron chi connectivity index (χ4n) is 11.4. The average Bonchev–Trinajstić information content (AvgIpc) is 1.63. The van der Waals surface area contributed by atoms with Crippen molar-refractivity contribution in [3.63, 3.8) is 0 Å². The zero-order valence-corrected chi connectivity index (χ0v) is 73.4. The number of amides is 4. The second-order valence-corrected chi connectivity index (χ2v) is 29.2. The van der Waals surface area contributed by atoms with Crippen molar-refractivity contribution in [2.45, 2.75) is 26.2 Å². The van der Waals surface area contributed by atoms with Crippen LogP contribution in [0.25, 0.3) is 20.9 Å². The fourth-order valence-corrected chi connectivity index (χ4v) is 13.2. The number of carbonyl (C=O) groups is 6. The van der Waals surface area contributed by atoms with E-state index in [-0.39, 0.29) is 46.6 Å². The molecular weight excluding hydrogens is 1750 g/mol. The van der Waals surface area contributed by atoms with Crippen LogP contribution in [-0.2, 0) is 70.1 Å². The number of fused-ring (bicyclic) bond motifs is 1. The van der Waals surface area contributed by atoms with Crippen molar-refractivity contribution in [3.8, 4) is 33.2 Å². The average molecular weight is 1850 g/mol. The van der Waals surface area contributed by atoms with E-state index in [1.807, 2.05) is 43.4 Å². The Morgan fingerprint density at radius 3 is 1.47 bits per heavy atom. The van der Waals surface area contributed by atoms with Gasteiger partial charge in [-0.05, 0) is 76.4 Å². The predicted octanol–water partition coefficient (Wildman–Crippen LogP) is 6.86. The highest BCUT2D eigenvalue weighted by molar-refractivity contribution is 9.12. The van der Waals surface area contributed by atoms with E-state index in [0.29, 0.717) is 87.8 Å². The number of halogens is 4. The van der Waals surface area contributed by atoms with Crippen LogP contribution in [0, 0.1) is 27.4 Å². The number of carboxylic acids is 1. The monoisotopic (exact) mass is 1850 g/mol. The van der Waals surface area contributed by atoms with Gasteiger partial charge in [0.05, 0.1) is 130 Å². The van der Waals surface area contributed by atoms with Gasteiger partial charge in [-0.25, -0.2) is 34.1 Å². The third kappa shape index (κ3) is 35.4. The van der Waals surface area contributed by atoms with Crippen molar-refractivity contribution in [3.05, 3.63) is 161 Å². The zero-order valence-electron chi connectivity index (χ0n) is 67.8. The number of hydrogen-bond acceptors (Lipinski definition) is 27. The Bertz CT molecular complexity index is 4630. The molecule has 0 bridgehead atoms. The first-order valence-corrected chi connectivity index (χ1v) is 41.3. The summed E-state index contributed by atoms with van der Waals surface area (Å²) in [5.41, 5.74) is 9.44. The first-order chi connectivity index (χ1) is 58.0. The summed E-state index contributed by atoms with van der Waals surface area (Å²) in [4.78, 5) is 105. The van der Waals surface area contributed by atoms with Gasteiger partial charge in [0.2, 0.25) is 5.91 Å². The van der Waals surface area contributed by atoms with E-state index in [2.05, 4.69) is 108 Å². The third-order valence-electron chi connectivity index (χ3n) is 17.8. The SMILES string of the molecule is C1CCOC1.CC#N.Cn1c(C(=O)NCCN2CCOCC2)cnc1-c1cc2nccc(Oc3ccc(NC(=S)NC(=O)Cc4ccccc4)cc3F)c2s1.Cn1c(C(=O)NCCN2CCOCC2)cnc1Br.Cn1cncc1C(=O)Cl.Cn1cncc1C(=O)NCCN1CCOCC1.Cn1cncc1C(=O)O.N#CBr.NCCN1CCOCC1. The predicted molar refractivity (Wildman–Crippen MR) is 461 cm³/mol. The van der Waals surface area contributed by atoms with Crippen LogP contribution >= 0.6 is 67.0 Å². The molecule has 120 heavy (non-hydrogen) atoms. The Morgan fingerprint density at radius 1 is 0.608 bits per heavy atom. The zero-order chi connectivity index (χ0) is 87.0. The number of carbonyl (C=O) groups excluding carboxylic acids is 5. The molecule has 8 N–H and O–H groups in total. The molecule has 9 aromatic rings. The van der Waals surface area contributed by atoms with Crippen LogP contribution < -0.4 is 37.1 Å². The molecule has 5 fully saturated rings. The van der Waals surface area contributed by atoms with Crippen LogP contribution in [0.3, 0.4) is 0 Å². The van der Waals surface area contributed by atoms with Gasteiger partial charge in [0.1, 0.15) is 45.0 Å². The minimum Gasteiger partial charge on any atom is -0.477 e. The topological polar surface area (TPSA) is 427 Å². The number of nitrogens with two attached hydrogens (primary N) is 1. The highest BCUT2D eigenvalue weighted by Gasteiger charge is 2.22. The number of pyridine rings is 1. The van der Waals surface area contributed by atoms with Crippen molar-refractivity contribution >= 4 is 123 Å². The van der Waals surface area contributed by atoms with Crippen molar-refractivity contribution in [1.29, 1.82) is 10.5 Å². The van der Waals surface area contributed by atoms with Crippen LogP contribution in [-0.4, -0.2) is 288 Å². The number of thiocarbonyl (C=S) groups is 1. The number of aromatic nitrogens is 11. The Hall–Kier alpha value is -9.93. The van der Waals surface area contributed by atoms with E-state index >= 15 is 4.39 Å². The number of hydrogen-bond donors (Lipinski definition) is 7. The van der Waals surface area contributed by atoms with E-state index in [4.69, 9.17) is 73.6 Å². The number of morpholine rings is 4. The lowest BCUT2D eigenvalue weighted by Gasteiger charge is -2.26. The van der Waals surface area contributed by atoms with Gasteiger partial charge in [0.15, 0.2) is 21.4 Å².